The van der Waals surface area contributed by atoms with Gasteiger partial charge in [0.25, 0.3) is 0 Å². The minimum atomic E-state index is -3.52. The number of hydrogen-bond donors (Lipinski definition) is 2. The normalized spacial score (nSPS) is 22.3. The van der Waals surface area contributed by atoms with Crippen LogP contribution in [0.4, 0.5) is 0 Å². The number of rotatable bonds is 10. The molecule has 0 saturated heterocycles. The largest absolute Gasteiger partial charge is 0.356 e. The van der Waals surface area contributed by atoms with Gasteiger partial charge in [0.05, 0.1) is 4.90 Å². The van der Waals surface area contributed by atoms with Crippen LogP contribution in [0.15, 0.2) is 17.0 Å². The summed E-state index contributed by atoms with van der Waals surface area (Å²) in [7, 11) is -3.52. The Balaban J connectivity index is 1.34. The van der Waals surface area contributed by atoms with Crippen molar-refractivity contribution in [2.45, 2.75) is 95.1 Å². The molecule has 2 aliphatic rings. The van der Waals surface area contributed by atoms with Gasteiger partial charge in [0.1, 0.15) is 0 Å². The number of thioether (sulfide) groups is 1. The van der Waals surface area contributed by atoms with E-state index in [1.807, 2.05) is 32.9 Å². The number of benzene rings is 1. The third-order valence-electron chi connectivity index (χ3n) is 7.18. The lowest BCUT2D eigenvalue weighted by Gasteiger charge is -2.28. The molecule has 1 amide bonds. The predicted molar refractivity (Wildman–Crippen MR) is 138 cm³/mol. The molecule has 5 nitrogen and oxygen atoms in total. The van der Waals surface area contributed by atoms with Gasteiger partial charge in [-0.25, -0.2) is 13.1 Å². The first-order chi connectivity index (χ1) is 15.8. The second-order valence-electron chi connectivity index (χ2n) is 10.1. The number of carbonyl (C=O) groups is 1. The predicted octanol–water partition coefficient (Wildman–Crippen LogP) is 5.27. The summed E-state index contributed by atoms with van der Waals surface area (Å²) in [6.07, 6.45) is 11.4. The average Bonchev–Trinajstić information content (AvgIpc) is 2.77. The minimum absolute atomic E-state index is 0.0745. The minimum Gasteiger partial charge on any atom is -0.356 e. The maximum absolute atomic E-state index is 12.9. The van der Waals surface area contributed by atoms with Gasteiger partial charge in [-0.2, -0.15) is 11.8 Å². The quantitative estimate of drug-likeness (QED) is 0.435. The molecule has 33 heavy (non-hydrogen) atoms. The maximum Gasteiger partial charge on any atom is 0.241 e. The zero-order valence-corrected chi connectivity index (χ0v) is 22.3. The first-order valence-electron chi connectivity index (χ1n) is 12.7. The van der Waals surface area contributed by atoms with E-state index in [4.69, 9.17) is 0 Å². The summed E-state index contributed by atoms with van der Waals surface area (Å²) in [5, 5.41) is 3.97. The SMILES string of the molecule is Cc1cc(C)c(S(=O)(=O)NCC2CCC(C(=O)NCCCSC3CCCCC3)CC2)c(C)c1. The smallest absolute Gasteiger partial charge is 0.241 e. The van der Waals surface area contributed by atoms with Gasteiger partial charge in [0.2, 0.25) is 15.9 Å². The molecule has 7 heteroatoms. The van der Waals surface area contributed by atoms with E-state index in [1.54, 1.807) is 0 Å². The van der Waals surface area contributed by atoms with Crippen LogP contribution in [-0.2, 0) is 14.8 Å². The fourth-order valence-corrected chi connectivity index (χ4v) is 8.31. The summed E-state index contributed by atoms with van der Waals surface area (Å²) in [4.78, 5) is 13.0. The van der Waals surface area contributed by atoms with E-state index >= 15 is 0 Å². The van der Waals surface area contributed by atoms with Crippen LogP contribution in [0.1, 0.15) is 80.9 Å². The summed E-state index contributed by atoms with van der Waals surface area (Å²) < 4.78 is 28.6. The van der Waals surface area contributed by atoms with E-state index < -0.39 is 10.0 Å². The fraction of sp³-hybridized carbons (Fsp3) is 0.731. The van der Waals surface area contributed by atoms with Gasteiger partial charge in [-0.15, -0.1) is 0 Å². The van der Waals surface area contributed by atoms with Crippen molar-refractivity contribution in [1.82, 2.24) is 10.0 Å². The van der Waals surface area contributed by atoms with Crippen molar-refractivity contribution in [2.75, 3.05) is 18.8 Å². The Bertz CT molecular complexity index is 864. The number of sulfonamides is 1. The molecule has 3 rings (SSSR count). The highest BCUT2D eigenvalue weighted by Crippen LogP contribution is 2.30. The van der Waals surface area contributed by atoms with E-state index in [-0.39, 0.29) is 11.8 Å². The molecule has 186 valence electrons. The van der Waals surface area contributed by atoms with Crippen molar-refractivity contribution in [3.8, 4) is 0 Å². The Labute approximate surface area is 205 Å². The van der Waals surface area contributed by atoms with Crippen LogP contribution in [-0.4, -0.2) is 38.4 Å². The first-order valence-corrected chi connectivity index (χ1v) is 15.3. The molecule has 0 unspecified atom stereocenters. The molecule has 0 aliphatic heterocycles. The Kier molecular flexibility index (Phi) is 10.1. The molecule has 0 aromatic heterocycles. The molecule has 0 spiro atoms. The molecule has 0 atom stereocenters. The van der Waals surface area contributed by atoms with E-state index in [0.29, 0.717) is 17.4 Å². The van der Waals surface area contributed by atoms with Crippen molar-refractivity contribution in [3.63, 3.8) is 0 Å². The van der Waals surface area contributed by atoms with Crippen LogP contribution in [0.2, 0.25) is 0 Å². The molecule has 1 aromatic carbocycles. The van der Waals surface area contributed by atoms with Crippen molar-refractivity contribution in [3.05, 3.63) is 28.8 Å². The summed E-state index contributed by atoms with van der Waals surface area (Å²) in [6, 6.07) is 3.83. The lowest BCUT2D eigenvalue weighted by Crippen LogP contribution is -2.36. The third kappa shape index (κ3) is 8.00. The topological polar surface area (TPSA) is 75.3 Å². The van der Waals surface area contributed by atoms with Gasteiger partial charge in [-0.05, 0) is 88.5 Å². The summed E-state index contributed by atoms with van der Waals surface area (Å²) in [5.74, 6) is 1.69. The van der Waals surface area contributed by atoms with E-state index in [2.05, 4.69) is 21.8 Å². The molecule has 0 bridgehead atoms. The Morgan fingerprint density at radius 1 is 0.970 bits per heavy atom. The highest BCUT2D eigenvalue weighted by atomic mass is 32.2. The van der Waals surface area contributed by atoms with Gasteiger partial charge in [0.15, 0.2) is 0 Å². The third-order valence-corrected chi connectivity index (χ3v) is 10.4. The standard InChI is InChI=1S/C26H42N2O3S2/c1-19-16-20(2)25(21(3)17-19)33(30,31)28-18-22-10-12-23(13-11-22)26(29)27-14-7-15-32-24-8-5-4-6-9-24/h16-17,22-24,28H,4-15,18H2,1-3H3,(H,27,29). The Hall–Kier alpha value is -1.05. The molecule has 1 aromatic rings. The number of amides is 1. The van der Waals surface area contributed by atoms with Gasteiger partial charge in [-0.1, -0.05) is 37.0 Å². The molecule has 2 N–H and O–H groups in total. The van der Waals surface area contributed by atoms with Crippen molar-refractivity contribution >= 4 is 27.7 Å². The summed E-state index contributed by atoms with van der Waals surface area (Å²) in [6.45, 7) is 6.91. The monoisotopic (exact) mass is 494 g/mol. The summed E-state index contributed by atoms with van der Waals surface area (Å²) >= 11 is 2.09. The Morgan fingerprint density at radius 3 is 2.24 bits per heavy atom. The lowest BCUT2D eigenvalue weighted by molar-refractivity contribution is -0.126. The number of carbonyl (C=O) groups excluding carboxylic acids is 1. The second-order valence-corrected chi connectivity index (χ2v) is 13.2. The van der Waals surface area contributed by atoms with E-state index in [9.17, 15) is 13.2 Å². The van der Waals surface area contributed by atoms with Crippen LogP contribution in [0, 0.1) is 32.6 Å². The molecular formula is C26H42N2O3S2. The van der Waals surface area contributed by atoms with Crippen LogP contribution in [0.25, 0.3) is 0 Å². The van der Waals surface area contributed by atoms with E-state index in [1.165, 1.54) is 32.1 Å². The first kappa shape index (κ1) is 26.6. The van der Waals surface area contributed by atoms with Crippen LogP contribution >= 0.6 is 11.8 Å². The van der Waals surface area contributed by atoms with Crippen molar-refractivity contribution < 1.29 is 13.2 Å². The van der Waals surface area contributed by atoms with Crippen molar-refractivity contribution in [1.29, 1.82) is 0 Å². The lowest BCUT2D eigenvalue weighted by atomic mass is 9.81. The molecule has 2 aliphatic carbocycles. The number of nitrogens with one attached hydrogen (secondary N) is 2. The zero-order valence-electron chi connectivity index (χ0n) is 20.6. The van der Waals surface area contributed by atoms with E-state index in [0.717, 1.165) is 66.3 Å². The number of aryl methyl sites for hydroxylation is 3. The highest BCUT2D eigenvalue weighted by Gasteiger charge is 2.28. The zero-order chi connectivity index (χ0) is 23.8. The van der Waals surface area contributed by atoms with Crippen LogP contribution < -0.4 is 10.0 Å². The van der Waals surface area contributed by atoms with Crippen molar-refractivity contribution in [2.24, 2.45) is 11.8 Å². The summed E-state index contributed by atoms with van der Waals surface area (Å²) in [5.41, 5.74) is 2.65. The fourth-order valence-electron chi connectivity index (χ4n) is 5.43. The number of hydrogen-bond acceptors (Lipinski definition) is 4. The molecule has 2 fully saturated rings. The average molecular weight is 495 g/mol. The van der Waals surface area contributed by atoms with Gasteiger partial charge < -0.3 is 5.32 Å². The molecule has 0 radical (unpaired) electrons. The van der Waals surface area contributed by atoms with Crippen LogP contribution in [0.5, 0.6) is 0 Å². The molecule has 2 saturated carbocycles. The molecule has 0 heterocycles. The van der Waals surface area contributed by atoms with Gasteiger partial charge in [-0.3, -0.25) is 4.79 Å². The molecular weight excluding hydrogens is 452 g/mol. The Morgan fingerprint density at radius 2 is 1.61 bits per heavy atom. The maximum atomic E-state index is 12.9. The van der Waals surface area contributed by atoms with Gasteiger partial charge >= 0.3 is 0 Å². The highest BCUT2D eigenvalue weighted by molar-refractivity contribution is 7.99. The second kappa shape index (κ2) is 12.6. The van der Waals surface area contributed by atoms with Crippen LogP contribution in [0.3, 0.4) is 0 Å². The van der Waals surface area contributed by atoms with Gasteiger partial charge in [0, 0.05) is 24.3 Å².